The van der Waals surface area contributed by atoms with Crippen molar-refractivity contribution in [3.63, 3.8) is 0 Å². The zero-order chi connectivity index (χ0) is 30.8. The van der Waals surface area contributed by atoms with Crippen molar-refractivity contribution >= 4 is 51.9 Å². The first kappa shape index (κ1) is 29.0. The Hall–Kier alpha value is -5.47. The van der Waals surface area contributed by atoms with Gasteiger partial charge in [0.1, 0.15) is 11.5 Å². The summed E-state index contributed by atoms with van der Waals surface area (Å²) in [4.78, 5) is 53.6. The molecule has 0 saturated carbocycles. The molecule has 1 aliphatic heterocycles. The SMILES string of the molecule is CCn1nc(C)cc1Nc1nc2cc(C(N)=O)ccc2n1C[C@H]1CCN(C(=O)CNc2ccc(C(N)=O)cc2[N+](=O)[O-])C1. The number of carbonyl (C=O) groups excluding carboxylic acids is 3. The van der Waals surface area contributed by atoms with Crippen LogP contribution >= 0.6 is 0 Å². The third-order valence-electron chi connectivity index (χ3n) is 7.46. The number of primary amides is 2. The third kappa shape index (κ3) is 6.10. The van der Waals surface area contributed by atoms with Gasteiger partial charge in [-0.3, -0.25) is 24.5 Å². The van der Waals surface area contributed by atoms with E-state index >= 15 is 0 Å². The van der Waals surface area contributed by atoms with Crippen LogP contribution in [0.3, 0.4) is 0 Å². The summed E-state index contributed by atoms with van der Waals surface area (Å²) in [6.07, 6.45) is 0.740. The summed E-state index contributed by atoms with van der Waals surface area (Å²) in [6, 6.07) is 10.9. The Morgan fingerprint density at radius 2 is 1.81 bits per heavy atom. The molecule has 1 saturated heterocycles. The number of hydrogen-bond acceptors (Lipinski definition) is 9. The number of nitro groups is 1. The fourth-order valence-electron chi connectivity index (χ4n) is 5.30. The second-order valence-electron chi connectivity index (χ2n) is 10.4. The summed E-state index contributed by atoms with van der Waals surface area (Å²) in [6.45, 7) is 5.96. The molecule has 0 unspecified atom stereocenters. The van der Waals surface area contributed by atoms with E-state index in [2.05, 4.69) is 15.7 Å². The maximum absolute atomic E-state index is 13.1. The molecule has 2 aromatic carbocycles. The summed E-state index contributed by atoms with van der Waals surface area (Å²) in [5, 5.41) is 22.2. The zero-order valence-electron chi connectivity index (χ0n) is 23.7. The normalized spacial score (nSPS) is 14.7. The molecule has 5 rings (SSSR count). The maximum Gasteiger partial charge on any atom is 0.293 e. The molecule has 15 heteroatoms. The molecule has 4 aromatic rings. The van der Waals surface area contributed by atoms with E-state index in [1.807, 2.05) is 35.2 Å². The van der Waals surface area contributed by atoms with Gasteiger partial charge in [0.15, 0.2) is 0 Å². The number of imidazole rings is 1. The Morgan fingerprint density at radius 3 is 2.51 bits per heavy atom. The third-order valence-corrected chi connectivity index (χ3v) is 7.46. The van der Waals surface area contributed by atoms with Gasteiger partial charge in [-0.25, -0.2) is 9.67 Å². The van der Waals surface area contributed by atoms with Gasteiger partial charge in [0, 0.05) is 49.4 Å². The standard InChI is InChI=1S/C28H32N10O5/c1-3-37-24(10-16(2)34-37)33-28-32-21-11-18(26(29)40)5-7-22(21)36(28)15-17-8-9-35(14-17)25(39)13-31-20-6-4-19(27(30)41)12-23(20)38(42)43/h4-7,10-12,17,31H,3,8-9,13-15H2,1-2H3,(H2,29,40)(H2,30,41)(H,32,33)/t17-/m0/s1. The van der Waals surface area contributed by atoms with Crippen molar-refractivity contribution < 1.29 is 19.3 Å². The van der Waals surface area contributed by atoms with Gasteiger partial charge in [0.25, 0.3) is 5.69 Å². The first-order valence-electron chi connectivity index (χ1n) is 13.8. The molecule has 1 aliphatic rings. The van der Waals surface area contributed by atoms with Crippen LogP contribution in [0.1, 0.15) is 39.8 Å². The predicted molar refractivity (Wildman–Crippen MR) is 159 cm³/mol. The first-order valence-corrected chi connectivity index (χ1v) is 13.8. The highest BCUT2D eigenvalue weighted by molar-refractivity contribution is 5.97. The van der Waals surface area contributed by atoms with Crippen LogP contribution in [0.5, 0.6) is 0 Å². The highest BCUT2D eigenvalue weighted by atomic mass is 16.6. The van der Waals surface area contributed by atoms with Crippen LogP contribution in [-0.4, -0.2) is 66.5 Å². The number of nitro benzene ring substituents is 1. The summed E-state index contributed by atoms with van der Waals surface area (Å²) < 4.78 is 3.87. The molecule has 43 heavy (non-hydrogen) atoms. The van der Waals surface area contributed by atoms with E-state index in [1.54, 1.807) is 17.0 Å². The molecule has 0 spiro atoms. The molecule has 1 fully saturated rings. The molecule has 3 heterocycles. The van der Waals surface area contributed by atoms with Crippen molar-refractivity contribution in [3.05, 3.63) is 69.4 Å². The lowest BCUT2D eigenvalue weighted by Gasteiger charge is -2.19. The lowest BCUT2D eigenvalue weighted by atomic mass is 10.1. The quantitative estimate of drug-likeness (QED) is 0.149. The van der Waals surface area contributed by atoms with Gasteiger partial charge in [-0.15, -0.1) is 0 Å². The van der Waals surface area contributed by atoms with E-state index in [-0.39, 0.29) is 35.3 Å². The van der Waals surface area contributed by atoms with Crippen molar-refractivity contribution in [1.29, 1.82) is 0 Å². The van der Waals surface area contributed by atoms with Crippen molar-refractivity contribution in [1.82, 2.24) is 24.2 Å². The molecule has 3 amide bonds. The van der Waals surface area contributed by atoms with E-state index in [4.69, 9.17) is 16.5 Å². The second-order valence-corrected chi connectivity index (χ2v) is 10.4. The van der Waals surface area contributed by atoms with Gasteiger partial charge in [-0.1, -0.05) is 0 Å². The average molecular weight is 589 g/mol. The minimum Gasteiger partial charge on any atom is -0.371 e. The lowest BCUT2D eigenvalue weighted by molar-refractivity contribution is -0.384. The number of nitrogens with zero attached hydrogens (tertiary/aromatic N) is 6. The Morgan fingerprint density at radius 1 is 1.09 bits per heavy atom. The van der Waals surface area contributed by atoms with Crippen molar-refractivity contribution in [2.45, 2.75) is 33.4 Å². The largest absolute Gasteiger partial charge is 0.371 e. The number of benzene rings is 2. The van der Waals surface area contributed by atoms with Gasteiger partial charge in [0.2, 0.25) is 23.7 Å². The molecule has 0 radical (unpaired) electrons. The fourth-order valence-corrected chi connectivity index (χ4v) is 5.30. The summed E-state index contributed by atoms with van der Waals surface area (Å²) >= 11 is 0. The van der Waals surface area contributed by atoms with Gasteiger partial charge in [-0.05, 0) is 56.5 Å². The highest BCUT2D eigenvalue weighted by Crippen LogP contribution is 2.29. The van der Waals surface area contributed by atoms with Gasteiger partial charge in [0.05, 0.1) is 28.2 Å². The van der Waals surface area contributed by atoms with Crippen molar-refractivity contribution in [2.75, 3.05) is 30.3 Å². The summed E-state index contributed by atoms with van der Waals surface area (Å²) in [5.74, 6) is -0.0864. The summed E-state index contributed by atoms with van der Waals surface area (Å²) in [7, 11) is 0. The number of amides is 3. The Bertz CT molecular complexity index is 1740. The number of carbonyl (C=O) groups is 3. The van der Waals surface area contributed by atoms with Crippen LogP contribution in [0.15, 0.2) is 42.5 Å². The zero-order valence-corrected chi connectivity index (χ0v) is 23.7. The number of fused-ring (bicyclic) bond motifs is 1. The maximum atomic E-state index is 13.1. The number of aryl methyl sites for hydroxylation is 2. The monoisotopic (exact) mass is 588 g/mol. The van der Waals surface area contributed by atoms with Gasteiger partial charge >= 0.3 is 0 Å². The number of likely N-dealkylation sites (tertiary alicyclic amines) is 1. The van der Waals surface area contributed by atoms with E-state index in [0.29, 0.717) is 43.2 Å². The van der Waals surface area contributed by atoms with Gasteiger partial charge in [-0.2, -0.15) is 5.10 Å². The second kappa shape index (κ2) is 11.8. The minimum atomic E-state index is -0.780. The topological polar surface area (TPSA) is 209 Å². The molecule has 2 aromatic heterocycles. The molecular formula is C28H32N10O5. The van der Waals surface area contributed by atoms with Gasteiger partial charge < -0.3 is 31.6 Å². The van der Waals surface area contributed by atoms with Crippen LogP contribution in [-0.2, 0) is 17.9 Å². The first-order chi connectivity index (χ1) is 20.5. The van der Waals surface area contributed by atoms with Crippen molar-refractivity contribution in [3.8, 4) is 0 Å². The molecule has 15 nitrogen and oxygen atoms in total. The van der Waals surface area contributed by atoms with E-state index in [9.17, 15) is 24.5 Å². The summed E-state index contributed by atoms with van der Waals surface area (Å²) in [5.41, 5.74) is 13.2. The average Bonchev–Trinajstić information content (AvgIpc) is 3.68. The smallest absolute Gasteiger partial charge is 0.293 e. The van der Waals surface area contributed by atoms with E-state index < -0.39 is 16.7 Å². The Kier molecular flexibility index (Phi) is 7.96. The Labute approximate surface area is 246 Å². The molecule has 6 N–H and O–H groups in total. The van der Waals surface area contributed by atoms with Crippen LogP contribution in [0.25, 0.3) is 11.0 Å². The van der Waals surface area contributed by atoms with Crippen LogP contribution in [0.2, 0.25) is 0 Å². The van der Waals surface area contributed by atoms with Crippen LogP contribution < -0.4 is 22.1 Å². The van der Waals surface area contributed by atoms with E-state index in [1.165, 1.54) is 12.1 Å². The van der Waals surface area contributed by atoms with Crippen LogP contribution in [0, 0.1) is 23.0 Å². The molecule has 0 aliphatic carbocycles. The number of anilines is 3. The number of rotatable bonds is 11. The molecular weight excluding hydrogens is 556 g/mol. The molecule has 1 atom stereocenters. The number of aromatic nitrogens is 4. The number of hydrogen-bond donors (Lipinski definition) is 4. The number of nitrogens with two attached hydrogens (primary N) is 2. The fraction of sp³-hybridized carbons (Fsp3) is 0.321. The lowest BCUT2D eigenvalue weighted by Crippen LogP contribution is -2.34. The Balaban J connectivity index is 1.32. The minimum absolute atomic E-state index is 0.00646. The predicted octanol–water partition coefficient (Wildman–Crippen LogP) is 2.37. The van der Waals surface area contributed by atoms with E-state index in [0.717, 1.165) is 29.5 Å². The number of nitrogens with one attached hydrogen (secondary N) is 2. The van der Waals surface area contributed by atoms with Crippen molar-refractivity contribution in [2.24, 2.45) is 17.4 Å². The molecule has 224 valence electrons. The highest BCUT2D eigenvalue weighted by Gasteiger charge is 2.28. The van der Waals surface area contributed by atoms with Crippen LogP contribution in [0.4, 0.5) is 23.1 Å². The molecule has 0 bridgehead atoms.